The molecule has 0 unspecified atom stereocenters. The Bertz CT molecular complexity index is 457. The average Bonchev–Trinajstić information content (AvgIpc) is 2.37. The highest BCUT2D eigenvalue weighted by molar-refractivity contribution is 5.88. The second kappa shape index (κ2) is 5.26. The molecule has 1 fully saturated rings. The van der Waals surface area contributed by atoms with Crippen molar-refractivity contribution in [1.29, 1.82) is 5.26 Å². The zero-order chi connectivity index (χ0) is 16.7. The number of nitrogens with one attached hydrogen (secondary N) is 1. The first kappa shape index (κ1) is 17.9. The van der Waals surface area contributed by atoms with Crippen molar-refractivity contribution in [2.45, 2.75) is 90.4 Å². The van der Waals surface area contributed by atoms with Gasteiger partial charge in [0, 0.05) is 0 Å². The molecule has 1 saturated heterocycles. The smallest absolute Gasteiger partial charge is 0.243 e. The number of amides is 1. The molecule has 0 aromatic carbocycles. The third kappa shape index (κ3) is 2.67. The summed E-state index contributed by atoms with van der Waals surface area (Å²) >= 11 is 0. The molecule has 5 heteroatoms. The topological polar surface area (TPSA) is 65.4 Å². The molecule has 0 aliphatic carbocycles. The van der Waals surface area contributed by atoms with Crippen LogP contribution in [-0.2, 0) is 9.63 Å². The number of nitriles is 1. The molecule has 0 aromatic heterocycles. The van der Waals surface area contributed by atoms with Gasteiger partial charge in [0.25, 0.3) is 0 Å². The van der Waals surface area contributed by atoms with E-state index in [1.54, 1.807) is 18.9 Å². The van der Waals surface area contributed by atoms with Gasteiger partial charge in [-0.1, -0.05) is 13.8 Å². The van der Waals surface area contributed by atoms with E-state index in [0.29, 0.717) is 12.8 Å². The minimum atomic E-state index is -0.986. The second-order valence-electron chi connectivity index (χ2n) is 7.38. The zero-order valence-electron chi connectivity index (χ0n) is 14.6. The van der Waals surface area contributed by atoms with Gasteiger partial charge < -0.3 is 5.32 Å². The van der Waals surface area contributed by atoms with Crippen LogP contribution in [0.25, 0.3) is 0 Å². The van der Waals surface area contributed by atoms with E-state index in [1.807, 2.05) is 41.5 Å². The number of rotatable bonds is 4. The molecule has 0 atom stereocenters. The van der Waals surface area contributed by atoms with Crippen LogP contribution in [0.15, 0.2) is 0 Å². The van der Waals surface area contributed by atoms with E-state index < -0.39 is 22.2 Å². The first-order valence-electron chi connectivity index (χ1n) is 7.63. The molecule has 1 rings (SSSR count). The maximum absolute atomic E-state index is 12.8. The fourth-order valence-electron chi connectivity index (χ4n) is 2.74. The van der Waals surface area contributed by atoms with Crippen molar-refractivity contribution in [2.75, 3.05) is 0 Å². The summed E-state index contributed by atoms with van der Waals surface area (Å²) in [5.41, 5.74) is -2.67. The number of piperazine rings is 1. The number of hydrogen-bond acceptors (Lipinski definition) is 4. The molecular formula is C16H29N3O2. The Morgan fingerprint density at radius 2 is 1.71 bits per heavy atom. The molecule has 21 heavy (non-hydrogen) atoms. The van der Waals surface area contributed by atoms with Crippen molar-refractivity contribution in [3.63, 3.8) is 0 Å². The summed E-state index contributed by atoms with van der Waals surface area (Å²) < 4.78 is 0. The summed E-state index contributed by atoms with van der Waals surface area (Å²) in [6.07, 6.45) is 1.24. The average molecular weight is 295 g/mol. The molecule has 0 aromatic rings. The summed E-state index contributed by atoms with van der Waals surface area (Å²) in [6, 6.07) is 2.16. The van der Waals surface area contributed by atoms with E-state index >= 15 is 0 Å². The standard InChI is InChI=1S/C16H29N3O2/c1-9-16(10-2)12(20)18-14(5,6)15(7,8)19(16)21-13(3,4)11-17/h9-10H2,1-8H3,(H,18,20). The Morgan fingerprint density at radius 3 is 2.10 bits per heavy atom. The van der Waals surface area contributed by atoms with Crippen molar-refractivity contribution >= 4 is 5.91 Å². The van der Waals surface area contributed by atoms with Crippen LogP contribution in [0.1, 0.15) is 68.2 Å². The number of carbonyl (C=O) groups is 1. The van der Waals surface area contributed by atoms with Crippen molar-refractivity contribution < 1.29 is 9.63 Å². The van der Waals surface area contributed by atoms with E-state index in [9.17, 15) is 10.1 Å². The Labute approximate surface area is 128 Å². The van der Waals surface area contributed by atoms with Gasteiger partial charge in [-0.05, 0) is 54.4 Å². The van der Waals surface area contributed by atoms with Crippen LogP contribution in [-0.4, -0.2) is 33.2 Å². The highest BCUT2D eigenvalue weighted by Crippen LogP contribution is 2.43. The Hall–Kier alpha value is -1.12. The quantitative estimate of drug-likeness (QED) is 0.866. The summed E-state index contributed by atoms with van der Waals surface area (Å²) in [4.78, 5) is 18.8. The summed E-state index contributed by atoms with van der Waals surface area (Å²) in [5.74, 6) is -0.0365. The molecule has 1 aliphatic rings. The van der Waals surface area contributed by atoms with Crippen LogP contribution < -0.4 is 5.32 Å². The van der Waals surface area contributed by atoms with Gasteiger partial charge in [0.2, 0.25) is 5.91 Å². The minimum absolute atomic E-state index is 0.0365. The largest absolute Gasteiger partial charge is 0.348 e. The molecule has 0 saturated carbocycles. The van der Waals surface area contributed by atoms with Crippen molar-refractivity contribution in [2.24, 2.45) is 0 Å². The van der Waals surface area contributed by atoms with Crippen LogP contribution in [0, 0.1) is 11.3 Å². The van der Waals surface area contributed by atoms with E-state index in [4.69, 9.17) is 4.84 Å². The van der Waals surface area contributed by atoms with E-state index in [0.717, 1.165) is 0 Å². The highest BCUT2D eigenvalue weighted by atomic mass is 16.7. The molecule has 1 aliphatic heterocycles. The number of hydrogen-bond donors (Lipinski definition) is 1. The predicted molar refractivity (Wildman–Crippen MR) is 82.2 cm³/mol. The lowest BCUT2D eigenvalue weighted by Gasteiger charge is -2.60. The summed E-state index contributed by atoms with van der Waals surface area (Å²) in [6.45, 7) is 15.4. The molecular weight excluding hydrogens is 266 g/mol. The lowest BCUT2D eigenvalue weighted by molar-refractivity contribution is -0.325. The van der Waals surface area contributed by atoms with Crippen LogP contribution >= 0.6 is 0 Å². The molecule has 0 radical (unpaired) electrons. The van der Waals surface area contributed by atoms with Gasteiger partial charge in [0.1, 0.15) is 5.54 Å². The fraction of sp³-hybridized carbons (Fsp3) is 0.875. The van der Waals surface area contributed by atoms with Crippen LogP contribution in [0.3, 0.4) is 0 Å². The van der Waals surface area contributed by atoms with E-state index in [2.05, 4.69) is 11.4 Å². The lowest BCUT2D eigenvalue weighted by Crippen LogP contribution is -2.80. The predicted octanol–water partition coefficient (Wildman–Crippen LogP) is 2.77. The maximum atomic E-state index is 12.8. The van der Waals surface area contributed by atoms with Gasteiger partial charge in [-0.3, -0.25) is 9.63 Å². The third-order valence-electron chi connectivity index (χ3n) is 5.03. The second-order valence-corrected chi connectivity index (χ2v) is 7.38. The number of nitrogens with zero attached hydrogens (tertiary/aromatic N) is 2. The molecule has 1 N–H and O–H groups in total. The normalized spacial score (nSPS) is 24.2. The van der Waals surface area contributed by atoms with Crippen molar-refractivity contribution in [3.8, 4) is 6.07 Å². The molecule has 5 nitrogen and oxygen atoms in total. The van der Waals surface area contributed by atoms with E-state index in [-0.39, 0.29) is 5.91 Å². The number of carbonyl (C=O) groups excluding carboxylic acids is 1. The Balaban J connectivity index is 3.44. The van der Waals surface area contributed by atoms with Gasteiger partial charge in [-0.15, -0.1) is 0 Å². The Morgan fingerprint density at radius 1 is 1.24 bits per heavy atom. The van der Waals surface area contributed by atoms with Crippen LogP contribution in [0.2, 0.25) is 0 Å². The maximum Gasteiger partial charge on any atom is 0.243 e. The summed E-state index contributed by atoms with van der Waals surface area (Å²) in [7, 11) is 0. The molecule has 0 spiro atoms. The molecule has 1 amide bonds. The van der Waals surface area contributed by atoms with Gasteiger partial charge in [0.15, 0.2) is 5.60 Å². The number of hydroxylamine groups is 2. The van der Waals surface area contributed by atoms with Crippen molar-refractivity contribution in [3.05, 3.63) is 0 Å². The van der Waals surface area contributed by atoms with Crippen LogP contribution in [0.4, 0.5) is 0 Å². The van der Waals surface area contributed by atoms with Gasteiger partial charge in [-0.2, -0.15) is 10.3 Å². The third-order valence-corrected chi connectivity index (χ3v) is 5.03. The first-order valence-corrected chi connectivity index (χ1v) is 7.63. The Kier molecular flexibility index (Phi) is 4.49. The van der Waals surface area contributed by atoms with Gasteiger partial charge in [0.05, 0.1) is 17.1 Å². The lowest BCUT2D eigenvalue weighted by atomic mass is 9.73. The molecule has 1 heterocycles. The molecule has 120 valence electrons. The highest BCUT2D eigenvalue weighted by Gasteiger charge is 2.60. The van der Waals surface area contributed by atoms with Crippen LogP contribution in [0.5, 0.6) is 0 Å². The SMILES string of the molecule is CCC1(CC)C(=O)NC(C)(C)C(C)(C)N1OC(C)(C)C#N. The molecule has 0 bridgehead atoms. The van der Waals surface area contributed by atoms with Gasteiger partial charge >= 0.3 is 0 Å². The van der Waals surface area contributed by atoms with Gasteiger partial charge in [-0.25, -0.2) is 0 Å². The monoisotopic (exact) mass is 295 g/mol. The summed E-state index contributed by atoms with van der Waals surface area (Å²) in [5, 5.41) is 14.2. The zero-order valence-corrected chi connectivity index (χ0v) is 14.6. The fourth-order valence-corrected chi connectivity index (χ4v) is 2.74. The van der Waals surface area contributed by atoms with Crippen molar-refractivity contribution in [1.82, 2.24) is 10.4 Å². The minimum Gasteiger partial charge on any atom is -0.348 e. The first-order chi connectivity index (χ1) is 9.40. The van der Waals surface area contributed by atoms with E-state index in [1.165, 1.54) is 0 Å².